The van der Waals surface area contributed by atoms with E-state index in [1.54, 1.807) is 0 Å². The zero-order chi connectivity index (χ0) is 19.6. The van der Waals surface area contributed by atoms with Crippen LogP contribution in [0.15, 0.2) is 23.1 Å². The Morgan fingerprint density at radius 3 is 2.19 bits per heavy atom. The molecule has 0 N–H and O–H groups in total. The predicted molar refractivity (Wildman–Crippen MR) is 115 cm³/mol. The fourth-order valence-electron chi connectivity index (χ4n) is 3.33. The minimum atomic E-state index is -0.124. The summed E-state index contributed by atoms with van der Waals surface area (Å²) in [5.74, 6) is 0.978. The molecule has 0 radical (unpaired) electrons. The molecule has 0 amide bonds. The summed E-state index contributed by atoms with van der Waals surface area (Å²) >= 11 is 1.52. The van der Waals surface area contributed by atoms with Crippen molar-refractivity contribution in [3.8, 4) is 5.75 Å². The quantitative estimate of drug-likeness (QED) is 0.256. The second-order valence-corrected chi connectivity index (χ2v) is 9.54. The van der Waals surface area contributed by atoms with Crippen molar-refractivity contribution < 1.29 is 8.92 Å². The number of hydrogen-bond acceptors (Lipinski definition) is 3. The van der Waals surface area contributed by atoms with E-state index in [4.69, 9.17) is 8.92 Å². The Kier molecular flexibility index (Phi) is 10.1. The molecule has 26 heavy (non-hydrogen) atoms. The van der Waals surface area contributed by atoms with E-state index in [1.807, 2.05) is 0 Å². The van der Waals surface area contributed by atoms with Crippen molar-refractivity contribution in [1.82, 2.24) is 0 Å². The molecule has 1 rings (SSSR count). The lowest BCUT2D eigenvalue weighted by Crippen LogP contribution is -2.27. The van der Waals surface area contributed by atoms with Crippen LogP contribution in [0.2, 0.25) is 0 Å². The highest BCUT2D eigenvalue weighted by atomic mass is 32.2. The second kappa shape index (κ2) is 11.2. The van der Waals surface area contributed by atoms with Gasteiger partial charge in [-0.25, -0.2) is 0 Å². The minimum absolute atomic E-state index is 0.124. The Morgan fingerprint density at radius 1 is 0.885 bits per heavy atom. The molecule has 0 spiro atoms. The van der Waals surface area contributed by atoms with E-state index < -0.39 is 0 Å². The fraction of sp³-hybridized carbons (Fsp3) is 0.739. The zero-order valence-corrected chi connectivity index (χ0v) is 18.9. The van der Waals surface area contributed by atoms with Crippen LogP contribution in [0.1, 0.15) is 92.6 Å². The van der Waals surface area contributed by atoms with E-state index in [0.29, 0.717) is 5.41 Å². The van der Waals surface area contributed by atoms with E-state index in [9.17, 15) is 0 Å². The molecular formula is C23H40O2S. The summed E-state index contributed by atoms with van der Waals surface area (Å²) in [7, 11) is 0. The summed E-state index contributed by atoms with van der Waals surface area (Å²) < 4.78 is 12.0. The molecule has 1 aromatic carbocycles. The highest BCUT2D eigenvalue weighted by molar-refractivity contribution is 7.94. The summed E-state index contributed by atoms with van der Waals surface area (Å²) in [6.07, 6.45) is 7.98. The Morgan fingerprint density at radius 2 is 1.58 bits per heavy atom. The van der Waals surface area contributed by atoms with Crippen LogP contribution in [-0.2, 0) is 10.6 Å². The smallest absolute Gasteiger partial charge is 0.120 e. The first-order valence-corrected chi connectivity index (χ1v) is 11.1. The number of benzene rings is 1. The maximum Gasteiger partial charge on any atom is 0.120 e. The first-order chi connectivity index (χ1) is 12.2. The van der Waals surface area contributed by atoms with Gasteiger partial charge in [-0.05, 0) is 75.1 Å². The number of ether oxygens (including phenoxy) is 1. The van der Waals surface area contributed by atoms with E-state index in [0.717, 1.165) is 38.0 Å². The predicted octanol–water partition coefficient (Wildman–Crippen LogP) is 7.84. The van der Waals surface area contributed by atoms with Gasteiger partial charge in [0.2, 0.25) is 0 Å². The van der Waals surface area contributed by atoms with Crippen LogP contribution in [0, 0.1) is 5.41 Å². The van der Waals surface area contributed by atoms with Crippen molar-refractivity contribution >= 4 is 12.0 Å². The van der Waals surface area contributed by atoms with Crippen molar-refractivity contribution in [3.63, 3.8) is 0 Å². The van der Waals surface area contributed by atoms with Gasteiger partial charge in [-0.1, -0.05) is 47.5 Å². The largest absolute Gasteiger partial charge is 0.488 e. The van der Waals surface area contributed by atoms with Crippen molar-refractivity contribution in [2.75, 3.05) is 6.61 Å². The summed E-state index contributed by atoms with van der Waals surface area (Å²) in [6.45, 7) is 16.5. The number of aryl methyl sites for hydroxylation is 1. The van der Waals surface area contributed by atoms with Crippen LogP contribution < -0.4 is 4.74 Å². The van der Waals surface area contributed by atoms with Gasteiger partial charge in [0.15, 0.2) is 0 Å². The number of hydrogen-bond donors (Lipinski definition) is 0. The maximum absolute atomic E-state index is 6.29. The topological polar surface area (TPSA) is 18.5 Å². The molecule has 0 atom stereocenters. The third kappa shape index (κ3) is 8.81. The molecule has 3 heteroatoms. The van der Waals surface area contributed by atoms with Gasteiger partial charge in [-0.2, -0.15) is 0 Å². The Balaban J connectivity index is 2.93. The number of rotatable bonds is 13. The molecule has 0 heterocycles. The normalized spacial score (nSPS) is 12.4. The highest BCUT2D eigenvalue weighted by Crippen LogP contribution is 2.34. The molecule has 1 aromatic rings. The molecule has 0 unspecified atom stereocenters. The van der Waals surface area contributed by atoms with Gasteiger partial charge in [0.25, 0.3) is 0 Å². The standard InChI is InChI=1S/C23H40O2S/c1-8-14-22(4,5)16-13-19-18-20(25-23(6,7)15-9-2)11-12-21(19)26-24-17-10-3/h11-12,18H,8-10,13-17H2,1-7H3. The van der Waals surface area contributed by atoms with Gasteiger partial charge in [0.05, 0.1) is 6.61 Å². The molecule has 0 fully saturated rings. The lowest BCUT2D eigenvalue weighted by molar-refractivity contribution is 0.0984. The average Bonchev–Trinajstić information content (AvgIpc) is 2.54. The van der Waals surface area contributed by atoms with Crippen LogP contribution in [0.3, 0.4) is 0 Å². The second-order valence-electron chi connectivity index (χ2n) is 8.70. The molecule has 0 saturated heterocycles. The van der Waals surface area contributed by atoms with Gasteiger partial charge in [-0.15, -0.1) is 0 Å². The average molecular weight is 381 g/mol. The first kappa shape index (κ1) is 23.4. The van der Waals surface area contributed by atoms with Gasteiger partial charge in [0, 0.05) is 16.9 Å². The Bertz CT molecular complexity index is 523. The third-order valence-corrected chi connectivity index (χ3v) is 5.57. The highest BCUT2D eigenvalue weighted by Gasteiger charge is 2.21. The van der Waals surface area contributed by atoms with Crippen LogP contribution in [0.25, 0.3) is 0 Å². The fourth-order valence-corrected chi connectivity index (χ4v) is 4.10. The van der Waals surface area contributed by atoms with Crippen molar-refractivity contribution in [1.29, 1.82) is 0 Å². The molecule has 0 aromatic heterocycles. The molecule has 150 valence electrons. The summed E-state index contributed by atoms with van der Waals surface area (Å²) in [5, 5.41) is 0. The summed E-state index contributed by atoms with van der Waals surface area (Å²) in [4.78, 5) is 1.23. The lowest BCUT2D eigenvalue weighted by atomic mass is 9.82. The summed E-state index contributed by atoms with van der Waals surface area (Å²) in [5.41, 5.74) is 1.60. The molecular weight excluding hydrogens is 340 g/mol. The van der Waals surface area contributed by atoms with Gasteiger partial charge >= 0.3 is 0 Å². The van der Waals surface area contributed by atoms with Crippen molar-refractivity contribution in [3.05, 3.63) is 23.8 Å². The monoisotopic (exact) mass is 380 g/mol. The van der Waals surface area contributed by atoms with Crippen LogP contribution in [0.5, 0.6) is 5.75 Å². The first-order valence-electron chi connectivity index (χ1n) is 10.3. The molecule has 2 nitrogen and oxygen atoms in total. The van der Waals surface area contributed by atoms with Crippen LogP contribution in [0.4, 0.5) is 0 Å². The Labute approximate surface area is 166 Å². The molecule has 0 aliphatic heterocycles. The molecule has 0 aliphatic carbocycles. The van der Waals surface area contributed by atoms with Crippen molar-refractivity contribution in [2.45, 2.75) is 104 Å². The van der Waals surface area contributed by atoms with Crippen LogP contribution in [-0.4, -0.2) is 12.2 Å². The Hall–Kier alpha value is -0.670. The van der Waals surface area contributed by atoms with E-state index in [-0.39, 0.29) is 5.60 Å². The van der Waals surface area contributed by atoms with Gasteiger partial charge < -0.3 is 8.92 Å². The van der Waals surface area contributed by atoms with E-state index >= 15 is 0 Å². The van der Waals surface area contributed by atoms with Crippen LogP contribution >= 0.6 is 12.0 Å². The summed E-state index contributed by atoms with van der Waals surface area (Å²) in [6, 6.07) is 6.49. The minimum Gasteiger partial charge on any atom is -0.488 e. The molecule has 0 aliphatic rings. The zero-order valence-electron chi connectivity index (χ0n) is 18.1. The SMILES string of the molecule is CCCOSc1ccc(OC(C)(C)CCC)cc1CCC(C)(C)CCC. The maximum atomic E-state index is 6.29. The molecule has 0 saturated carbocycles. The van der Waals surface area contributed by atoms with Gasteiger partial charge in [0.1, 0.15) is 11.4 Å². The lowest BCUT2D eigenvalue weighted by Gasteiger charge is -2.27. The molecule has 0 bridgehead atoms. The van der Waals surface area contributed by atoms with E-state index in [2.05, 4.69) is 66.7 Å². The van der Waals surface area contributed by atoms with E-state index in [1.165, 1.54) is 41.8 Å². The third-order valence-electron chi connectivity index (χ3n) is 4.71. The van der Waals surface area contributed by atoms with Crippen molar-refractivity contribution in [2.24, 2.45) is 5.41 Å². The van der Waals surface area contributed by atoms with Gasteiger partial charge in [-0.3, -0.25) is 0 Å².